The number of anilines is 1. The first-order valence-electron chi connectivity index (χ1n) is 7.75. The lowest BCUT2D eigenvalue weighted by Gasteiger charge is -2.26. The van der Waals surface area contributed by atoms with E-state index in [1.54, 1.807) is 25.1 Å². The second-order valence-corrected chi connectivity index (χ2v) is 7.54. The van der Waals surface area contributed by atoms with Gasteiger partial charge < -0.3 is 4.74 Å². The van der Waals surface area contributed by atoms with E-state index in [1.165, 1.54) is 25.3 Å². The maximum atomic E-state index is 13.3. The summed E-state index contributed by atoms with van der Waals surface area (Å²) in [6.45, 7) is 7.04. The van der Waals surface area contributed by atoms with Crippen LogP contribution >= 0.6 is 0 Å². The van der Waals surface area contributed by atoms with Crippen molar-refractivity contribution in [3.8, 4) is 5.75 Å². The summed E-state index contributed by atoms with van der Waals surface area (Å²) >= 11 is 0. The Balaban J connectivity index is 2.71. The lowest BCUT2D eigenvalue weighted by atomic mass is 10.2. The number of benzene rings is 2. The number of hydrogen-bond acceptors (Lipinski definition) is 5. The predicted molar refractivity (Wildman–Crippen MR) is 100 cm³/mol. The van der Waals surface area contributed by atoms with E-state index < -0.39 is 14.9 Å². The molecule has 2 aromatic rings. The van der Waals surface area contributed by atoms with E-state index in [4.69, 9.17) is 4.74 Å². The third-order valence-corrected chi connectivity index (χ3v) is 5.77. The first-order valence-corrected chi connectivity index (χ1v) is 9.19. The highest BCUT2D eigenvalue weighted by Crippen LogP contribution is 2.35. The molecule has 0 fully saturated rings. The maximum Gasteiger partial charge on any atom is 0.270 e. The van der Waals surface area contributed by atoms with Gasteiger partial charge in [-0.25, -0.2) is 8.42 Å². The van der Waals surface area contributed by atoms with Crippen LogP contribution in [0.1, 0.15) is 11.1 Å². The summed E-state index contributed by atoms with van der Waals surface area (Å²) in [6, 6.07) is 8.94. The molecule has 0 saturated heterocycles. The van der Waals surface area contributed by atoms with Gasteiger partial charge in [0, 0.05) is 12.1 Å². The van der Waals surface area contributed by atoms with Crippen LogP contribution in [0.2, 0.25) is 0 Å². The standard InChI is InChI=1S/C18H20N2O5S/c1-5-10-19(16-11-13(2)6-9-17(16)25-4)26(23,24)18-12-15(20(21)22)8-7-14(18)3/h5-9,11-12H,1,10H2,2-4H3. The average molecular weight is 376 g/mol. The van der Waals surface area contributed by atoms with Crippen molar-refractivity contribution in [3.63, 3.8) is 0 Å². The first-order chi connectivity index (χ1) is 12.2. The van der Waals surface area contributed by atoms with Crippen molar-refractivity contribution in [2.24, 2.45) is 0 Å². The van der Waals surface area contributed by atoms with Crippen LogP contribution in [0.5, 0.6) is 5.75 Å². The number of aryl methyl sites for hydroxylation is 2. The van der Waals surface area contributed by atoms with Crippen LogP contribution in [0, 0.1) is 24.0 Å². The van der Waals surface area contributed by atoms with Crippen molar-refractivity contribution >= 4 is 21.4 Å². The van der Waals surface area contributed by atoms with Gasteiger partial charge in [0.25, 0.3) is 15.7 Å². The Morgan fingerprint density at radius 2 is 1.92 bits per heavy atom. The van der Waals surface area contributed by atoms with Crippen molar-refractivity contribution in [2.75, 3.05) is 18.0 Å². The Morgan fingerprint density at radius 3 is 2.50 bits per heavy atom. The highest BCUT2D eigenvalue weighted by atomic mass is 32.2. The largest absolute Gasteiger partial charge is 0.495 e. The van der Waals surface area contributed by atoms with Crippen LogP contribution in [0.4, 0.5) is 11.4 Å². The minimum Gasteiger partial charge on any atom is -0.495 e. The molecule has 0 aliphatic carbocycles. The molecular weight excluding hydrogens is 356 g/mol. The average Bonchev–Trinajstić information content (AvgIpc) is 2.59. The fourth-order valence-electron chi connectivity index (χ4n) is 2.54. The molecule has 0 unspecified atom stereocenters. The van der Waals surface area contributed by atoms with Gasteiger partial charge in [0.05, 0.1) is 29.2 Å². The molecule has 0 radical (unpaired) electrons. The summed E-state index contributed by atoms with van der Waals surface area (Å²) in [5, 5.41) is 11.1. The van der Waals surface area contributed by atoms with E-state index in [0.717, 1.165) is 15.9 Å². The number of methoxy groups -OCH3 is 1. The zero-order valence-corrected chi connectivity index (χ0v) is 15.6. The van der Waals surface area contributed by atoms with Crippen molar-refractivity contribution in [2.45, 2.75) is 18.7 Å². The predicted octanol–water partition coefficient (Wildman–Crippen LogP) is 3.60. The monoisotopic (exact) mass is 376 g/mol. The van der Waals surface area contributed by atoms with Gasteiger partial charge >= 0.3 is 0 Å². The molecule has 0 heterocycles. The van der Waals surface area contributed by atoms with Crippen molar-refractivity contribution < 1.29 is 18.1 Å². The molecule has 0 bridgehead atoms. The number of sulfonamides is 1. The first kappa shape index (κ1) is 19.5. The van der Waals surface area contributed by atoms with Gasteiger partial charge in [-0.15, -0.1) is 6.58 Å². The smallest absolute Gasteiger partial charge is 0.270 e. The van der Waals surface area contributed by atoms with Crippen LogP contribution in [0.15, 0.2) is 53.9 Å². The molecule has 0 saturated carbocycles. The van der Waals surface area contributed by atoms with Gasteiger partial charge in [0.2, 0.25) is 0 Å². The molecule has 0 atom stereocenters. The number of nitro benzene ring substituents is 1. The lowest BCUT2D eigenvalue weighted by Crippen LogP contribution is -2.32. The molecule has 0 amide bonds. The molecule has 0 N–H and O–H groups in total. The number of nitro groups is 1. The molecule has 0 aromatic heterocycles. The zero-order chi connectivity index (χ0) is 19.5. The van der Waals surface area contributed by atoms with Gasteiger partial charge in [-0.05, 0) is 37.1 Å². The van der Waals surface area contributed by atoms with E-state index >= 15 is 0 Å². The summed E-state index contributed by atoms with van der Waals surface area (Å²) < 4.78 is 33.0. The lowest BCUT2D eigenvalue weighted by molar-refractivity contribution is -0.385. The Labute approximate surface area is 152 Å². The Morgan fingerprint density at radius 1 is 1.23 bits per heavy atom. The molecule has 0 spiro atoms. The van der Waals surface area contributed by atoms with Crippen LogP contribution in [-0.4, -0.2) is 27.0 Å². The van der Waals surface area contributed by atoms with Crippen molar-refractivity contribution in [1.29, 1.82) is 0 Å². The highest BCUT2D eigenvalue weighted by Gasteiger charge is 2.29. The summed E-state index contributed by atoms with van der Waals surface area (Å²) in [4.78, 5) is 10.3. The molecule has 7 nitrogen and oxygen atoms in total. The number of nitrogens with zero attached hydrogens (tertiary/aromatic N) is 2. The van der Waals surface area contributed by atoms with Gasteiger partial charge in [0.1, 0.15) is 5.75 Å². The molecule has 0 aliphatic heterocycles. The minimum absolute atomic E-state index is 0.00964. The van der Waals surface area contributed by atoms with Crippen LogP contribution in [0.25, 0.3) is 0 Å². The van der Waals surface area contributed by atoms with Gasteiger partial charge in [-0.3, -0.25) is 14.4 Å². The molecule has 26 heavy (non-hydrogen) atoms. The molecule has 138 valence electrons. The number of ether oxygens (including phenoxy) is 1. The minimum atomic E-state index is -4.07. The van der Waals surface area contributed by atoms with Crippen LogP contribution < -0.4 is 9.04 Å². The summed E-state index contributed by atoms with van der Waals surface area (Å²) in [7, 11) is -2.62. The van der Waals surface area contributed by atoms with Crippen molar-refractivity contribution in [3.05, 3.63) is 70.3 Å². The molecular formula is C18H20N2O5S. The molecule has 0 aliphatic rings. The maximum absolute atomic E-state index is 13.3. The van der Waals surface area contributed by atoms with E-state index in [2.05, 4.69) is 6.58 Å². The molecule has 2 aromatic carbocycles. The quantitative estimate of drug-likeness (QED) is 0.418. The number of hydrogen-bond donors (Lipinski definition) is 0. The van der Waals surface area contributed by atoms with Gasteiger partial charge in [0.15, 0.2) is 0 Å². The van der Waals surface area contributed by atoms with Crippen LogP contribution in [0.3, 0.4) is 0 Å². The second kappa shape index (κ2) is 7.57. The Bertz CT molecular complexity index is 954. The van der Waals surface area contributed by atoms with Crippen LogP contribution in [-0.2, 0) is 10.0 Å². The number of rotatable bonds is 7. The summed E-state index contributed by atoms with van der Waals surface area (Å²) in [6.07, 6.45) is 1.45. The van der Waals surface area contributed by atoms with E-state index in [9.17, 15) is 18.5 Å². The summed E-state index contributed by atoms with van der Waals surface area (Å²) in [5.74, 6) is 0.379. The second-order valence-electron chi connectivity index (χ2n) is 5.71. The van der Waals surface area contributed by atoms with E-state index in [-0.39, 0.29) is 17.1 Å². The Kier molecular flexibility index (Phi) is 5.66. The van der Waals surface area contributed by atoms with Gasteiger partial charge in [-0.1, -0.05) is 18.2 Å². The topological polar surface area (TPSA) is 89.8 Å². The normalized spacial score (nSPS) is 11.0. The fourth-order valence-corrected chi connectivity index (χ4v) is 4.22. The Hall–Kier alpha value is -2.87. The molecule has 8 heteroatoms. The number of non-ortho nitro benzene ring substituents is 1. The molecule has 2 rings (SSSR count). The fraction of sp³-hybridized carbons (Fsp3) is 0.222. The van der Waals surface area contributed by atoms with Crippen molar-refractivity contribution in [1.82, 2.24) is 0 Å². The summed E-state index contributed by atoms with van der Waals surface area (Å²) in [5.41, 5.74) is 1.32. The van der Waals surface area contributed by atoms with E-state index in [1.807, 2.05) is 6.92 Å². The zero-order valence-electron chi connectivity index (χ0n) is 14.8. The highest BCUT2D eigenvalue weighted by molar-refractivity contribution is 7.93. The third-order valence-electron chi connectivity index (χ3n) is 3.85. The SMILES string of the molecule is C=CCN(c1cc(C)ccc1OC)S(=O)(=O)c1cc([N+](=O)[O-])ccc1C. The third kappa shape index (κ3) is 3.70. The van der Waals surface area contributed by atoms with Gasteiger partial charge in [-0.2, -0.15) is 0 Å². The van der Waals surface area contributed by atoms with E-state index in [0.29, 0.717) is 17.0 Å².